The third-order valence-corrected chi connectivity index (χ3v) is 8.79. The van der Waals surface area contributed by atoms with E-state index in [2.05, 4.69) is 168 Å². The second-order valence-corrected chi connectivity index (χ2v) is 11.5. The van der Waals surface area contributed by atoms with Crippen LogP contribution in [0, 0.1) is 0 Å². The van der Waals surface area contributed by atoms with Crippen LogP contribution in [0.1, 0.15) is 0 Å². The molecular weight excluding hydrogens is 548 g/mol. The molecule has 0 atom stereocenters. The van der Waals surface area contributed by atoms with E-state index in [-0.39, 0.29) is 0 Å². The molecule has 2 heterocycles. The lowest BCUT2D eigenvalue weighted by Gasteiger charge is -2.09. The summed E-state index contributed by atoms with van der Waals surface area (Å²) in [6.45, 7) is 0. The van der Waals surface area contributed by atoms with Crippen LogP contribution in [0.3, 0.4) is 0 Å². The molecule has 2 aromatic heterocycles. The Morgan fingerprint density at radius 3 is 1.76 bits per heavy atom. The first-order valence-corrected chi connectivity index (χ1v) is 15.3. The number of anilines is 2. The average molecular weight is 577 g/mol. The molecule has 3 heteroatoms. The van der Waals surface area contributed by atoms with Gasteiger partial charge in [0.2, 0.25) is 0 Å². The zero-order valence-corrected chi connectivity index (χ0v) is 24.4. The van der Waals surface area contributed by atoms with Crippen LogP contribution in [0.2, 0.25) is 0 Å². The van der Waals surface area contributed by atoms with Crippen molar-refractivity contribution in [3.8, 4) is 27.9 Å². The van der Waals surface area contributed by atoms with Crippen LogP contribution in [0.5, 0.6) is 0 Å². The molecule has 0 amide bonds. The number of benzene rings is 7. The predicted octanol–water partition coefficient (Wildman–Crippen LogP) is 11.8. The molecule has 0 aliphatic heterocycles. The normalized spacial score (nSPS) is 11.6. The summed E-state index contributed by atoms with van der Waals surface area (Å²) in [5.74, 6) is 0. The average Bonchev–Trinajstić information content (AvgIpc) is 3.66. The molecule has 0 saturated heterocycles. The van der Waals surface area contributed by atoms with Gasteiger partial charge < -0.3 is 14.3 Å². The molecule has 45 heavy (non-hydrogen) atoms. The van der Waals surface area contributed by atoms with Crippen LogP contribution >= 0.6 is 0 Å². The molecule has 0 aliphatic rings. The molecule has 0 spiro atoms. The molecule has 7 aromatic carbocycles. The number of aromatic nitrogens is 1. The first-order chi connectivity index (χ1) is 22.3. The lowest BCUT2D eigenvalue weighted by molar-refractivity contribution is 0.674. The van der Waals surface area contributed by atoms with Gasteiger partial charge in [-0.3, -0.25) is 0 Å². The number of para-hydroxylation sites is 3. The lowest BCUT2D eigenvalue weighted by atomic mass is 10.0. The third kappa shape index (κ3) is 4.21. The van der Waals surface area contributed by atoms with E-state index in [0.717, 1.165) is 61.0 Å². The van der Waals surface area contributed by atoms with Crippen molar-refractivity contribution in [2.45, 2.75) is 0 Å². The highest BCUT2D eigenvalue weighted by molar-refractivity contribution is 6.24. The van der Waals surface area contributed by atoms with Crippen molar-refractivity contribution < 1.29 is 4.42 Å². The molecule has 212 valence electrons. The minimum Gasteiger partial charge on any atom is -0.455 e. The number of nitrogens with zero attached hydrogens (tertiary/aromatic N) is 1. The fraction of sp³-hybridized carbons (Fsp3) is 0. The van der Waals surface area contributed by atoms with E-state index >= 15 is 0 Å². The van der Waals surface area contributed by atoms with E-state index in [1.54, 1.807) is 0 Å². The van der Waals surface area contributed by atoms with Crippen LogP contribution in [0.25, 0.3) is 71.7 Å². The molecule has 0 radical (unpaired) electrons. The largest absolute Gasteiger partial charge is 0.455 e. The van der Waals surface area contributed by atoms with Gasteiger partial charge in [-0.05, 0) is 71.3 Å². The van der Waals surface area contributed by atoms with Gasteiger partial charge in [-0.25, -0.2) is 0 Å². The van der Waals surface area contributed by atoms with Gasteiger partial charge in [0.05, 0.1) is 16.4 Å². The summed E-state index contributed by atoms with van der Waals surface area (Å²) in [5, 5.41) is 8.14. The van der Waals surface area contributed by atoms with Crippen molar-refractivity contribution in [2.75, 3.05) is 5.32 Å². The van der Waals surface area contributed by atoms with E-state index in [1.165, 1.54) is 22.0 Å². The topological polar surface area (TPSA) is 30.1 Å². The van der Waals surface area contributed by atoms with Crippen LogP contribution in [0.15, 0.2) is 168 Å². The number of nitrogens with one attached hydrogen (secondary N) is 1. The van der Waals surface area contributed by atoms with Crippen molar-refractivity contribution in [1.29, 1.82) is 0 Å². The van der Waals surface area contributed by atoms with Crippen LogP contribution in [-0.2, 0) is 0 Å². The summed E-state index contributed by atoms with van der Waals surface area (Å²) < 4.78 is 9.19. The Balaban J connectivity index is 1.11. The maximum absolute atomic E-state index is 6.85. The standard InChI is InChI=1S/C42H28N2O/c1-3-10-28(11-4-1)29-18-22-31(23-19-29)43-32-24-20-30(21-25-32)34-15-9-16-35-36-26-27-39-40(42(36)45-41(34)35)37-14-7-8-17-38(37)44(39)33-12-5-2-6-13-33/h1-27,43H. The van der Waals surface area contributed by atoms with Crippen molar-refractivity contribution in [3.05, 3.63) is 164 Å². The Kier molecular flexibility index (Phi) is 5.82. The molecule has 0 aliphatic carbocycles. The van der Waals surface area contributed by atoms with Gasteiger partial charge in [0.1, 0.15) is 11.2 Å². The molecule has 0 bridgehead atoms. The smallest absolute Gasteiger partial charge is 0.145 e. The van der Waals surface area contributed by atoms with E-state index in [4.69, 9.17) is 4.42 Å². The summed E-state index contributed by atoms with van der Waals surface area (Å²) in [5.41, 5.74) is 12.0. The van der Waals surface area contributed by atoms with E-state index < -0.39 is 0 Å². The minimum atomic E-state index is 0.911. The quantitative estimate of drug-likeness (QED) is 0.221. The summed E-state index contributed by atoms with van der Waals surface area (Å²) in [6, 6.07) is 57.7. The van der Waals surface area contributed by atoms with E-state index in [1.807, 2.05) is 6.07 Å². The first kappa shape index (κ1) is 25.4. The van der Waals surface area contributed by atoms with Gasteiger partial charge in [-0.15, -0.1) is 0 Å². The Morgan fingerprint density at radius 2 is 1.00 bits per heavy atom. The SMILES string of the molecule is c1ccc(-c2ccc(Nc3ccc(-c4cccc5c4oc4c5ccc5c4c4ccccc4n5-c4ccccc4)cc3)cc2)cc1. The number of hydrogen-bond donors (Lipinski definition) is 1. The van der Waals surface area contributed by atoms with Crippen LogP contribution in [-0.4, -0.2) is 4.57 Å². The van der Waals surface area contributed by atoms with Gasteiger partial charge in [-0.2, -0.15) is 0 Å². The zero-order chi connectivity index (χ0) is 29.7. The molecule has 3 nitrogen and oxygen atoms in total. The number of furan rings is 1. The maximum atomic E-state index is 6.85. The lowest BCUT2D eigenvalue weighted by Crippen LogP contribution is -1.92. The Bertz CT molecular complexity index is 2470. The number of rotatable bonds is 5. The molecular formula is C42H28N2O. The van der Waals surface area contributed by atoms with Crippen LogP contribution < -0.4 is 5.32 Å². The fourth-order valence-corrected chi connectivity index (χ4v) is 6.67. The third-order valence-electron chi connectivity index (χ3n) is 8.79. The second-order valence-electron chi connectivity index (χ2n) is 11.5. The molecule has 0 unspecified atom stereocenters. The van der Waals surface area contributed by atoms with Gasteiger partial charge in [-0.1, -0.05) is 109 Å². The summed E-state index contributed by atoms with van der Waals surface area (Å²) in [7, 11) is 0. The molecule has 0 saturated carbocycles. The molecule has 9 rings (SSSR count). The van der Waals surface area contributed by atoms with Crippen LogP contribution in [0.4, 0.5) is 11.4 Å². The number of fused-ring (bicyclic) bond motifs is 7. The van der Waals surface area contributed by atoms with Crippen molar-refractivity contribution in [3.63, 3.8) is 0 Å². The van der Waals surface area contributed by atoms with Gasteiger partial charge >= 0.3 is 0 Å². The highest BCUT2D eigenvalue weighted by Gasteiger charge is 2.19. The van der Waals surface area contributed by atoms with Crippen molar-refractivity contribution >= 4 is 55.1 Å². The molecule has 0 fully saturated rings. The van der Waals surface area contributed by atoms with Gasteiger partial charge in [0.25, 0.3) is 0 Å². The first-order valence-electron chi connectivity index (χ1n) is 15.3. The fourth-order valence-electron chi connectivity index (χ4n) is 6.67. The van der Waals surface area contributed by atoms with Crippen molar-refractivity contribution in [2.24, 2.45) is 0 Å². The Labute approximate surface area is 260 Å². The van der Waals surface area contributed by atoms with Crippen molar-refractivity contribution in [1.82, 2.24) is 4.57 Å². The molecule has 9 aromatic rings. The summed E-state index contributed by atoms with van der Waals surface area (Å²) in [4.78, 5) is 0. The van der Waals surface area contributed by atoms with Gasteiger partial charge in [0.15, 0.2) is 0 Å². The zero-order valence-electron chi connectivity index (χ0n) is 24.4. The van der Waals surface area contributed by atoms with Gasteiger partial charge in [0, 0.05) is 38.8 Å². The number of hydrogen-bond acceptors (Lipinski definition) is 2. The predicted molar refractivity (Wildman–Crippen MR) is 189 cm³/mol. The Morgan fingerprint density at radius 1 is 0.400 bits per heavy atom. The monoisotopic (exact) mass is 576 g/mol. The maximum Gasteiger partial charge on any atom is 0.145 e. The highest BCUT2D eigenvalue weighted by Crippen LogP contribution is 2.42. The molecule has 1 N–H and O–H groups in total. The Hall–Kier alpha value is -6.06. The summed E-state index contributed by atoms with van der Waals surface area (Å²) >= 11 is 0. The second kappa shape index (κ2) is 10.3. The summed E-state index contributed by atoms with van der Waals surface area (Å²) in [6.07, 6.45) is 0. The minimum absolute atomic E-state index is 0.911. The van der Waals surface area contributed by atoms with E-state index in [0.29, 0.717) is 0 Å². The highest BCUT2D eigenvalue weighted by atomic mass is 16.3. The van der Waals surface area contributed by atoms with E-state index in [9.17, 15) is 0 Å².